The number of hydrogen-bond acceptors (Lipinski definition) is 6. The van der Waals surface area contributed by atoms with Gasteiger partial charge < -0.3 is 4.74 Å². The number of carbonyl (C=O) groups excluding carboxylic acids is 2. The Labute approximate surface area is 143 Å². The molecule has 24 heavy (non-hydrogen) atoms. The van der Waals surface area contributed by atoms with Crippen LogP contribution in [0, 0.1) is 10.1 Å². The van der Waals surface area contributed by atoms with Gasteiger partial charge in [0.1, 0.15) is 5.75 Å². The summed E-state index contributed by atoms with van der Waals surface area (Å²) in [5.74, 6) is 0.0853. The normalized spacial score (nSPS) is 10.2. The van der Waals surface area contributed by atoms with Gasteiger partial charge in [0.15, 0.2) is 0 Å². The number of hydrogen-bond donors (Lipinski definition) is 0. The van der Waals surface area contributed by atoms with Gasteiger partial charge >= 0.3 is 5.97 Å². The summed E-state index contributed by atoms with van der Waals surface area (Å²) in [7, 11) is 0. The third kappa shape index (κ3) is 4.92. The largest absolute Gasteiger partial charge is 0.427 e. The van der Waals surface area contributed by atoms with Crippen LogP contribution in [0.3, 0.4) is 0 Å². The molecule has 2 rings (SSSR count). The molecule has 6 nitrogen and oxygen atoms in total. The molecule has 0 aliphatic carbocycles. The van der Waals surface area contributed by atoms with Crippen molar-refractivity contribution in [2.24, 2.45) is 0 Å². The maximum Gasteiger partial charge on any atom is 0.311 e. The number of nitro groups is 1. The van der Waals surface area contributed by atoms with Crippen LogP contribution in [0.2, 0.25) is 0 Å². The Hall–Kier alpha value is -2.67. The quantitative estimate of drug-likeness (QED) is 0.256. The zero-order valence-electron chi connectivity index (χ0n) is 12.9. The molecule has 0 saturated carbocycles. The fourth-order valence-corrected chi connectivity index (χ4v) is 2.59. The van der Waals surface area contributed by atoms with E-state index in [2.05, 4.69) is 0 Å². The van der Waals surface area contributed by atoms with E-state index < -0.39 is 4.92 Å². The minimum absolute atomic E-state index is 0.0231. The van der Waals surface area contributed by atoms with Gasteiger partial charge in [0.25, 0.3) is 5.69 Å². The van der Waals surface area contributed by atoms with Gasteiger partial charge in [-0.1, -0.05) is 6.92 Å². The molecule has 2 aromatic rings. The first-order valence-electron chi connectivity index (χ1n) is 7.27. The van der Waals surface area contributed by atoms with Crippen LogP contribution in [0.25, 0.3) is 0 Å². The van der Waals surface area contributed by atoms with Crippen LogP contribution in [0.1, 0.15) is 30.1 Å². The number of nitro benzene ring substituents is 1. The topological polar surface area (TPSA) is 86.5 Å². The van der Waals surface area contributed by atoms with E-state index in [1.807, 2.05) is 6.92 Å². The van der Waals surface area contributed by atoms with Crippen LogP contribution in [-0.2, 0) is 4.79 Å². The molecule has 0 aromatic heterocycles. The molecule has 0 radical (unpaired) electrons. The highest BCUT2D eigenvalue weighted by Gasteiger charge is 2.11. The number of esters is 1. The van der Waals surface area contributed by atoms with E-state index in [0.717, 1.165) is 11.8 Å². The van der Waals surface area contributed by atoms with Crippen molar-refractivity contribution < 1.29 is 19.2 Å². The fourth-order valence-electron chi connectivity index (χ4n) is 1.85. The molecule has 0 fully saturated rings. The predicted octanol–water partition coefficient (Wildman–Crippen LogP) is 4.23. The summed E-state index contributed by atoms with van der Waals surface area (Å²) >= 11 is 0.976. The lowest BCUT2D eigenvalue weighted by molar-refractivity contribution is -0.384. The molecular formula is C17H15NO5S. The lowest BCUT2D eigenvalue weighted by Crippen LogP contribution is -2.06. The van der Waals surface area contributed by atoms with E-state index in [0.29, 0.717) is 29.1 Å². The maximum absolute atomic E-state index is 12.2. The third-order valence-electron chi connectivity index (χ3n) is 3.03. The predicted molar refractivity (Wildman–Crippen MR) is 90.3 cm³/mol. The lowest BCUT2D eigenvalue weighted by Gasteiger charge is -2.05. The molecule has 0 unspecified atom stereocenters. The summed E-state index contributed by atoms with van der Waals surface area (Å²) < 4.78 is 5.12. The summed E-state index contributed by atoms with van der Waals surface area (Å²) in [6, 6.07) is 12.1. The van der Waals surface area contributed by atoms with Crippen molar-refractivity contribution in [2.75, 3.05) is 0 Å². The first-order chi connectivity index (χ1) is 11.5. The van der Waals surface area contributed by atoms with Crippen molar-refractivity contribution in [3.8, 4) is 5.75 Å². The van der Waals surface area contributed by atoms with Crippen molar-refractivity contribution in [2.45, 2.75) is 24.7 Å². The molecule has 0 spiro atoms. The molecule has 0 aliphatic rings. The van der Waals surface area contributed by atoms with E-state index in [1.54, 1.807) is 24.3 Å². The van der Waals surface area contributed by atoms with Gasteiger partial charge in [-0.25, -0.2) is 0 Å². The fraction of sp³-hybridized carbons (Fsp3) is 0.176. The number of carbonyl (C=O) groups is 2. The summed E-state index contributed by atoms with van der Waals surface area (Å²) in [4.78, 5) is 34.3. The number of ether oxygens (including phenoxy) is 1. The molecule has 0 amide bonds. The summed E-state index contributed by atoms with van der Waals surface area (Å²) in [5.41, 5.74) is 0.429. The molecule has 0 aliphatic heterocycles. The minimum Gasteiger partial charge on any atom is -0.427 e. The van der Waals surface area contributed by atoms with Gasteiger partial charge in [0, 0.05) is 29.0 Å². The second-order valence-electron chi connectivity index (χ2n) is 4.89. The van der Waals surface area contributed by atoms with E-state index >= 15 is 0 Å². The Morgan fingerprint density at radius 3 is 2.25 bits per heavy atom. The van der Waals surface area contributed by atoms with E-state index in [4.69, 9.17) is 4.74 Å². The Morgan fingerprint density at radius 2 is 1.71 bits per heavy atom. The van der Waals surface area contributed by atoms with Gasteiger partial charge in [-0.15, -0.1) is 0 Å². The van der Waals surface area contributed by atoms with E-state index in [-0.39, 0.29) is 16.8 Å². The van der Waals surface area contributed by atoms with Crippen molar-refractivity contribution in [1.82, 2.24) is 0 Å². The van der Waals surface area contributed by atoms with Crippen LogP contribution >= 0.6 is 11.8 Å². The first kappa shape index (κ1) is 17.7. The summed E-state index contributed by atoms with van der Waals surface area (Å²) in [6.07, 6.45) is 1.05. The van der Waals surface area contributed by atoms with Gasteiger partial charge in [-0.3, -0.25) is 19.7 Å². The number of benzene rings is 2. The number of rotatable bonds is 6. The smallest absolute Gasteiger partial charge is 0.311 e. The average molecular weight is 345 g/mol. The molecule has 7 heteroatoms. The third-order valence-corrected chi connectivity index (χ3v) is 3.96. The van der Waals surface area contributed by atoms with Crippen molar-refractivity contribution in [1.29, 1.82) is 0 Å². The molecule has 0 heterocycles. The monoisotopic (exact) mass is 345 g/mol. The van der Waals surface area contributed by atoms with Gasteiger partial charge in [0.2, 0.25) is 5.12 Å². The second kappa shape index (κ2) is 8.26. The molecule has 0 atom stereocenters. The highest BCUT2D eigenvalue weighted by molar-refractivity contribution is 8.14. The van der Waals surface area contributed by atoms with Gasteiger partial charge in [-0.2, -0.15) is 0 Å². The van der Waals surface area contributed by atoms with Crippen LogP contribution in [-0.4, -0.2) is 16.0 Å². The van der Waals surface area contributed by atoms with Crippen LogP contribution in [0.5, 0.6) is 5.75 Å². The molecular weight excluding hydrogens is 330 g/mol. The molecule has 0 N–H and O–H groups in total. The first-order valence-corrected chi connectivity index (χ1v) is 8.08. The average Bonchev–Trinajstić information content (AvgIpc) is 2.56. The molecule has 0 saturated heterocycles. The van der Waals surface area contributed by atoms with E-state index in [1.165, 1.54) is 24.3 Å². The van der Waals surface area contributed by atoms with Crippen LogP contribution in [0.4, 0.5) is 5.69 Å². The van der Waals surface area contributed by atoms with Gasteiger partial charge in [-0.05, 0) is 54.6 Å². The molecule has 2 aromatic carbocycles. The minimum atomic E-state index is -0.491. The Balaban J connectivity index is 1.99. The summed E-state index contributed by atoms with van der Waals surface area (Å²) in [5, 5.41) is 10.4. The van der Waals surface area contributed by atoms with Crippen molar-refractivity contribution in [3.63, 3.8) is 0 Å². The zero-order valence-corrected chi connectivity index (χ0v) is 13.7. The summed E-state index contributed by atoms with van der Waals surface area (Å²) in [6.45, 7) is 1.89. The van der Waals surface area contributed by atoms with Gasteiger partial charge in [0.05, 0.1) is 4.92 Å². The maximum atomic E-state index is 12.2. The Morgan fingerprint density at radius 1 is 1.08 bits per heavy atom. The van der Waals surface area contributed by atoms with Crippen molar-refractivity contribution in [3.05, 3.63) is 64.2 Å². The van der Waals surface area contributed by atoms with Crippen molar-refractivity contribution >= 4 is 28.5 Å². The molecule has 124 valence electrons. The zero-order chi connectivity index (χ0) is 17.5. The highest BCUT2D eigenvalue weighted by atomic mass is 32.2. The second-order valence-corrected chi connectivity index (χ2v) is 5.94. The number of thioether (sulfide) groups is 1. The Bertz CT molecular complexity index is 741. The van der Waals surface area contributed by atoms with Crippen LogP contribution in [0.15, 0.2) is 53.4 Å². The Kier molecular flexibility index (Phi) is 6.08. The lowest BCUT2D eigenvalue weighted by atomic mass is 10.2. The highest BCUT2D eigenvalue weighted by Crippen LogP contribution is 2.26. The number of non-ortho nitro benzene ring substituents is 1. The standard InChI is InChI=1S/C17H15NO5S/c1-2-3-16(19)23-14-8-4-12(5-9-14)17(20)24-15-10-6-13(7-11-15)18(21)22/h4-11H,2-3H2,1H3. The molecule has 0 bridgehead atoms. The van der Waals surface area contributed by atoms with Crippen LogP contribution < -0.4 is 4.74 Å². The SMILES string of the molecule is CCCC(=O)Oc1ccc(C(=O)Sc2ccc([N+](=O)[O-])cc2)cc1. The van der Waals surface area contributed by atoms with E-state index in [9.17, 15) is 19.7 Å². The number of nitrogens with zero attached hydrogens (tertiary/aromatic N) is 1.